The Hall–Kier alpha value is -2.70. The minimum atomic E-state index is 0.0251. The van der Waals surface area contributed by atoms with Crippen LogP contribution >= 0.6 is 11.3 Å². The van der Waals surface area contributed by atoms with Crippen LogP contribution in [0.5, 0.6) is 0 Å². The van der Waals surface area contributed by atoms with E-state index in [4.69, 9.17) is 5.73 Å². The van der Waals surface area contributed by atoms with Crippen LogP contribution in [0.25, 0.3) is 10.4 Å². The fraction of sp³-hybridized carbons (Fsp3) is 0.238. The lowest BCUT2D eigenvalue weighted by molar-refractivity contribution is -0.115. The summed E-state index contributed by atoms with van der Waals surface area (Å²) >= 11 is 1.60. The molecular weight excluding hydrogens is 356 g/mol. The molecule has 4 N–H and O–H groups in total. The summed E-state index contributed by atoms with van der Waals surface area (Å²) in [5.74, 6) is 0.0522. The van der Waals surface area contributed by atoms with Crippen LogP contribution in [0.2, 0.25) is 0 Å². The molecule has 1 aromatic heterocycles. The highest BCUT2D eigenvalue weighted by molar-refractivity contribution is 7.18. The second-order valence-electron chi connectivity index (χ2n) is 6.96. The highest BCUT2D eigenvalue weighted by Gasteiger charge is 2.18. The second-order valence-corrected chi connectivity index (χ2v) is 7.99. The van der Waals surface area contributed by atoms with Gasteiger partial charge in [0, 0.05) is 24.5 Å². The summed E-state index contributed by atoms with van der Waals surface area (Å²) in [6, 6.07) is 14.6. The van der Waals surface area contributed by atoms with Crippen molar-refractivity contribution in [2.45, 2.75) is 25.8 Å². The summed E-state index contributed by atoms with van der Waals surface area (Å²) in [7, 11) is 0. The van der Waals surface area contributed by atoms with Crippen LogP contribution in [0.3, 0.4) is 0 Å². The number of aryl methyl sites for hydroxylation is 1. The summed E-state index contributed by atoms with van der Waals surface area (Å²) in [5.41, 5.74) is 11.8. The SMILES string of the molecule is Cc1ccc(CC(N)CNc2ncc(-c3ccc4c(c3)CC(=O)N4)s2)cc1. The third kappa shape index (κ3) is 4.18. The van der Waals surface area contributed by atoms with E-state index in [-0.39, 0.29) is 11.9 Å². The van der Waals surface area contributed by atoms with E-state index in [0.29, 0.717) is 13.0 Å². The molecule has 0 radical (unpaired) electrons. The van der Waals surface area contributed by atoms with Gasteiger partial charge in [0.25, 0.3) is 0 Å². The number of hydrogen-bond donors (Lipinski definition) is 3. The summed E-state index contributed by atoms with van der Waals surface area (Å²) in [4.78, 5) is 17.0. The number of anilines is 2. The van der Waals surface area contributed by atoms with Crippen LogP contribution in [0, 0.1) is 6.92 Å². The summed E-state index contributed by atoms with van der Waals surface area (Å²) in [5, 5.41) is 7.06. The van der Waals surface area contributed by atoms with Crippen molar-refractivity contribution in [1.29, 1.82) is 0 Å². The average molecular weight is 379 g/mol. The molecule has 0 saturated heterocycles. The maximum Gasteiger partial charge on any atom is 0.228 e. The number of carbonyl (C=O) groups excluding carboxylic acids is 1. The molecule has 1 aliphatic rings. The number of thiazole rings is 1. The van der Waals surface area contributed by atoms with Gasteiger partial charge in [-0.05, 0) is 42.2 Å². The average Bonchev–Trinajstić information content (AvgIpc) is 3.26. The van der Waals surface area contributed by atoms with Gasteiger partial charge < -0.3 is 16.4 Å². The van der Waals surface area contributed by atoms with Gasteiger partial charge in [-0.2, -0.15) is 0 Å². The van der Waals surface area contributed by atoms with Gasteiger partial charge in [-0.1, -0.05) is 47.2 Å². The molecule has 0 aliphatic carbocycles. The predicted molar refractivity (Wildman–Crippen MR) is 111 cm³/mol. The van der Waals surface area contributed by atoms with Crippen LogP contribution < -0.4 is 16.4 Å². The Morgan fingerprint density at radius 1 is 1.26 bits per heavy atom. The third-order valence-electron chi connectivity index (χ3n) is 4.65. The first-order valence-electron chi connectivity index (χ1n) is 9.01. The number of aromatic nitrogens is 1. The predicted octanol–water partition coefficient (Wildman–Crippen LogP) is 3.60. The highest BCUT2D eigenvalue weighted by atomic mass is 32.1. The van der Waals surface area contributed by atoms with E-state index in [9.17, 15) is 4.79 Å². The van der Waals surface area contributed by atoms with Crippen molar-refractivity contribution in [3.05, 3.63) is 65.4 Å². The minimum Gasteiger partial charge on any atom is -0.360 e. The molecule has 4 rings (SSSR count). The van der Waals surface area contributed by atoms with Gasteiger partial charge in [0.2, 0.25) is 5.91 Å². The molecule has 6 heteroatoms. The molecule has 0 saturated carbocycles. The van der Waals surface area contributed by atoms with Crippen molar-refractivity contribution in [2.24, 2.45) is 5.73 Å². The van der Waals surface area contributed by atoms with Crippen LogP contribution in [0.15, 0.2) is 48.7 Å². The lowest BCUT2D eigenvalue weighted by atomic mass is 10.1. The first-order valence-corrected chi connectivity index (χ1v) is 9.82. The van der Waals surface area contributed by atoms with Gasteiger partial charge >= 0.3 is 0 Å². The van der Waals surface area contributed by atoms with Gasteiger partial charge in [-0.25, -0.2) is 4.98 Å². The fourth-order valence-electron chi connectivity index (χ4n) is 3.19. The van der Waals surface area contributed by atoms with Crippen LogP contribution in [0.1, 0.15) is 16.7 Å². The molecule has 2 aromatic carbocycles. The van der Waals surface area contributed by atoms with E-state index >= 15 is 0 Å². The zero-order chi connectivity index (χ0) is 18.8. The number of nitrogens with zero attached hydrogens (tertiary/aromatic N) is 1. The zero-order valence-electron chi connectivity index (χ0n) is 15.2. The Balaban J connectivity index is 1.36. The summed E-state index contributed by atoms with van der Waals surface area (Å²) < 4.78 is 0. The van der Waals surface area contributed by atoms with Crippen molar-refractivity contribution in [1.82, 2.24) is 4.98 Å². The highest BCUT2D eigenvalue weighted by Crippen LogP contribution is 2.33. The minimum absolute atomic E-state index is 0.0251. The van der Waals surface area contributed by atoms with Gasteiger partial charge in [0.15, 0.2) is 5.13 Å². The number of benzene rings is 2. The first-order chi connectivity index (χ1) is 13.1. The number of carbonyl (C=O) groups is 1. The number of nitrogens with two attached hydrogens (primary N) is 1. The molecule has 0 bridgehead atoms. The molecule has 138 valence electrons. The smallest absolute Gasteiger partial charge is 0.228 e. The van der Waals surface area contributed by atoms with Crippen molar-refractivity contribution >= 4 is 28.1 Å². The maximum absolute atomic E-state index is 11.5. The quantitative estimate of drug-likeness (QED) is 0.612. The van der Waals surface area contributed by atoms with Gasteiger partial charge in [-0.15, -0.1) is 0 Å². The lowest BCUT2D eigenvalue weighted by Crippen LogP contribution is -2.31. The topological polar surface area (TPSA) is 80.0 Å². The molecule has 1 aliphatic heterocycles. The third-order valence-corrected chi connectivity index (χ3v) is 5.66. The Bertz CT molecular complexity index is 965. The molecule has 2 heterocycles. The first kappa shape index (κ1) is 17.7. The van der Waals surface area contributed by atoms with Crippen LogP contribution in [-0.4, -0.2) is 23.5 Å². The molecule has 1 atom stereocenters. The van der Waals surface area contributed by atoms with Gasteiger partial charge in [-0.3, -0.25) is 4.79 Å². The molecule has 1 amide bonds. The number of nitrogens with one attached hydrogen (secondary N) is 2. The monoisotopic (exact) mass is 378 g/mol. The van der Waals surface area contributed by atoms with E-state index in [0.717, 1.165) is 33.2 Å². The molecule has 5 nitrogen and oxygen atoms in total. The lowest BCUT2D eigenvalue weighted by Gasteiger charge is -2.12. The van der Waals surface area contributed by atoms with Gasteiger partial charge in [0.05, 0.1) is 11.3 Å². The molecule has 0 fully saturated rings. The van der Waals surface area contributed by atoms with Crippen molar-refractivity contribution < 1.29 is 4.79 Å². The largest absolute Gasteiger partial charge is 0.360 e. The number of rotatable bonds is 6. The number of amides is 1. The Kier molecular flexibility index (Phi) is 4.92. The maximum atomic E-state index is 11.5. The van der Waals surface area contributed by atoms with Crippen molar-refractivity contribution in [2.75, 3.05) is 17.2 Å². The molecule has 1 unspecified atom stereocenters. The second kappa shape index (κ2) is 7.50. The molecule has 27 heavy (non-hydrogen) atoms. The number of hydrogen-bond acceptors (Lipinski definition) is 5. The van der Waals surface area contributed by atoms with E-state index in [2.05, 4.69) is 52.9 Å². The Labute approximate surface area is 162 Å². The Morgan fingerprint density at radius 3 is 2.89 bits per heavy atom. The van der Waals surface area contributed by atoms with E-state index in [1.54, 1.807) is 11.3 Å². The summed E-state index contributed by atoms with van der Waals surface area (Å²) in [6.45, 7) is 2.75. The van der Waals surface area contributed by atoms with E-state index in [1.165, 1.54) is 11.1 Å². The number of fused-ring (bicyclic) bond motifs is 1. The van der Waals surface area contributed by atoms with E-state index in [1.807, 2.05) is 18.3 Å². The van der Waals surface area contributed by atoms with Crippen molar-refractivity contribution in [3.8, 4) is 10.4 Å². The standard InChI is InChI=1S/C21H22N4OS/c1-13-2-4-14(5-3-13)8-17(22)11-23-21-24-12-19(27-21)15-6-7-18-16(9-15)10-20(26)25-18/h2-7,9,12,17H,8,10-11,22H2,1H3,(H,23,24)(H,25,26). The van der Waals surface area contributed by atoms with Crippen LogP contribution in [-0.2, 0) is 17.6 Å². The molecular formula is C21H22N4OS. The van der Waals surface area contributed by atoms with Crippen molar-refractivity contribution in [3.63, 3.8) is 0 Å². The van der Waals surface area contributed by atoms with Crippen LogP contribution in [0.4, 0.5) is 10.8 Å². The van der Waals surface area contributed by atoms with Gasteiger partial charge in [0.1, 0.15) is 0 Å². The fourth-order valence-corrected chi connectivity index (χ4v) is 4.01. The zero-order valence-corrected chi connectivity index (χ0v) is 16.0. The normalized spacial score (nSPS) is 13.9. The molecule has 0 spiro atoms. The molecule has 3 aromatic rings. The summed E-state index contributed by atoms with van der Waals surface area (Å²) in [6.07, 6.45) is 3.14. The van der Waals surface area contributed by atoms with E-state index < -0.39 is 0 Å². The Morgan fingerprint density at radius 2 is 2.07 bits per heavy atom.